The number of hydrogen-bond acceptors (Lipinski definition) is 3. The Morgan fingerprint density at radius 1 is 1.29 bits per heavy atom. The fourth-order valence-corrected chi connectivity index (χ4v) is 2.35. The van der Waals surface area contributed by atoms with Crippen LogP contribution in [-0.4, -0.2) is 4.98 Å². The molecule has 1 heterocycles. The Labute approximate surface area is 110 Å². The highest BCUT2D eigenvalue weighted by atomic mass is 35.5. The first-order valence-corrected chi connectivity index (χ1v) is 6.12. The zero-order valence-electron chi connectivity index (χ0n) is 8.31. The summed E-state index contributed by atoms with van der Waals surface area (Å²) in [7, 11) is 0. The highest BCUT2D eigenvalue weighted by molar-refractivity contribution is 7.15. The molecule has 0 aliphatic carbocycles. The predicted molar refractivity (Wildman–Crippen MR) is 65.8 cm³/mol. The molecule has 0 spiro atoms. The molecule has 1 aromatic heterocycles. The van der Waals surface area contributed by atoms with Crippen LogP contribution < -0.4 is 5.32 Å². The van der Waals surface area contributed by atoms with Gasteiger partial charge in [0.05, 0.1) is 12.2 Å². The molecule has 17 heavy (non-hydrogen) atoms. The van der Waals surface area contributed by atoms with E-state index in [0.29, 0.717) is 11.0 Å². The number of halogens is 4. The lowest BCUT2D eigenvalue weighted by atomic mass is 10.3. The lowest BCUT2D eigenvalue weighted by Gasteiger charge is -2.07. The molecular formula is C10H6Cl2F2N2S. The van der Waals surface area contributed by atoms with E-state index in [2.05, 4.69) is 10.3 Å². The third kappa shape index (κ3) is 3.06. The molecular weight excluding hydrogens is 289 g/mol. The first-order chi connectivity index (χ1) is 8.06. The van der Waals surface area contributed by atoms with E-state index in [1.807, 2.05) is 0 Å². The van der Waals surface area contributed by atoms with Crippen LogP contribution >= 0.6 is 34.5 Å². The van der Waals surface area contributed by atoms with Crippen LogP contribution in [-0.2, 0) is 6.54 Å². The van der Waals surface area contributed by atoms with Crippen LogP contribution in [0.3, 0.4) is 0 Å². The van der Waals surface area contributed by atoms with Crippen molar-refractivity contribution in [3.05, 3.63) is 44.3 Å². The van der Waals surface area contributed by atoms with Gasteiger partial charge >= 0.3 is 0 Å². The van der Waals surface area contributed by atoms with Gasteiger partial charge in [0.1, 0.15) is 0 Å². The van der Waals surface area contributed by atoms with Crippen molar-refractivity contribution < 1.29 is 8.78 Å². The van der Waals surface area contributed by atoms with E-state index in [1.165, 1.54) is 17.4 Å². The first-order valence-electron chi connectivity index (χ1n) is 4.55. The topological polar surface area (TPSA) is 24.9 Å². The summed E-state index contributed by atoms with van der Waals surface area (Å²) in [4.78, 5) is 4.65. The number of nitrogens with one attached hydrogen (secondary N) is 1. The minimum atomic E-state index is -0.984. The van der Waals surface area contributed by atoms with Crippen LogP contribution in [0.1, 0.15) is 4.88 Å². The molecule has 0 radical (unpaired) electrons. The second kappa shape index (κ2) is 5.16. The summed E-state index contributed by atoms with van der Waals surface area (Å²) in [6, 6.07) is 2.24. The number of aromatic nitrogens is 1. The van der Waals surface area contributed by atoms with Crippen LogP contribution in [0.2, 0.25) is 9.49 Å². The van der Waals surface area contributed by atoms with E-state index in [9.17, 15) is 8.78 Å². The van der Waals surface area contributed by atoms with Gasteiger partial charge in [0.25, 0.3) is 0 Å². The Bertz CT molecular complexity index is 545. The minimum Gasteiger partial charge on any atom is -0.378 e. The fraction of sp³-hybridized carbons (Fsp3) is 0.100. The monoisotopic (exact) mass is 294 g/mol. The van der Waals surface area contributed by atoms with E-state index >= 15 is 0 Å². The molecule has 0 aliphatic rings. The van der Waals surface area contributed by atoms with Gasteiger partial charge in [0.15, 0.2) is 16.1 Å². The SMILES string of the molecule is Fc1cc(Cl)cc(NCc2cnc(Cl)s2)c1F. The lowest BCUT2D eigenvalue weighted by molar-refractivity contribution is 0.511. The van der Waals surface area contributed by atoms with Crippen LogP contribution in [0.5, 0.6) is 0 Å². The van der Waals surface area contributed by atoms with Crippen molar-refractivity contribution in [1.82, 2.24) is 4.98 Å². The highest BCUT2D eigenvalue weighted by Gasteiger charge is 2.10. The van der Waals surface area contributed by atoms with Crippen molar-refractivity contribution in [2.24, 2.45) is 0 Å². The number of anilines is 1. The Balaban J connectivity index is 2.14. The number of benzene rings is 1. The average Bonchev–Trinajstić information content (AvgIpc) is 2.67. The number of thiazole rings is 1. The smallest absolute Gasteiger partial charge is 0.183 e. The molecule has 7 heteroatoms. The minimum absolute atomic E-state index is 0.0134. The number of rotatable bonds is 3. The van der Waals surface area contributed by atoms with Crippen molar-refractivity contribution in [2.45, 2.75) is 6.54 Å². The Hall–Kier alpha value is -0.910. The molecule has 0 atom stereocenters. The first kappa shape index (κ1) is 12.5. The van der Waals surface area contributed by atoms with Crippen molar-refractivity contribution in [2.75, 3.05) is 5.32 Å². The van der Waals surface area contributed by atoms with Gasteiger partial charge in [0.2, 0.25) is 0 Å². The van der Waals surface area contributed by atoms with Gasteiger partial charge in [-0.15, -0.1) is 11.3 Å². The van der Waals surface area contributed by atoms with Crippen LogP contribution in [0, 0.1) is 11.6 Å². The molecule has 1 aromatic carbocycles. The van der Waals surface area contributed by atoms with Crippen LogP contribution in [0.4, 0.5) is 14.5 Å². The maximum atomic E-state index is 13.4. The van der Waals surface area contributed by atoms with E-state index in [4.69, 9.17) is 23.2 Å². The van der Waals surface area contributed by atoms with Gasteiger partial charge in [-0.2, -0.15) is 0 Å². The van der Waals surface area contributed by atoms with Gasteiger partial charge < -0.3 is 5.32 Å². The molecule has 0 unspecified atom stereocenters. The summed E-state index contributed by atoms with van der Waals surface area (Å²) < 4.78 is 26.8. The third-order valence-corrected chi connectivity index (χ3v) is 3.30. The quantitative estimate of drug-likeness (QED) is 0.852. The molecule has 2 nitrogen and oxygen atoms in total. The van der Waals surface area contributed by atoms with Gasteiger partial charge in [0, 0.05) is 16.1 Å². The standard InChI is InChI=1S/C10H6Cl2F2N2S/c11-5-1-7(13)9(14)8(2-5)15-3-6-4-16-10(12)17-6/h1-2,4,15H,3H2. The second-order valence-corrected chi connectivity index (χ2v) is 5.32. The van der Waals surface area contributed by atoms with Gasteiger partial charge in [-0.1, -0.05) is 23.2 Å². The average molecular weight is 295 g/mol. The molecule has 0 bridgehead atoms. The predicted octanol–water partition coefficient (Wildman–Crippen LogP) is 4.34. The molecule has 0 amide bonds. The zero-order valence-corrected chi connectivity index (χ0v) is 10.6. The molecule has 2 aromatic rings. The molecule has 0 saturated heterocycles. The molecule has 0 saturated carbocycles. The Morgan fingerprint density at radius 3 is 2.71 bits per heavy atom. The Morgan fingerprint density at radius 2 is 2.06 bits per heavy atom. The van der Waals surface area contributed by atoms with Crippen LogP contribution in [0.15, 0.2) is 18.3 Å². The lowest BCUT2D eigenvalue weighted by Crippen LogP contribution is -2.01. The summed E-state index contributed by atoms with van der Waals surface area (Å²) in [6.07, 6.45) is 1.57. The summed E-state index contributed by atoms with van der Waals surface area (Å²) in [5.74, 6) is -1.94. The fourth-order valence-electron chi connectivity index (χ4n) is 1.23. The number of hydrogen-bond donors (Lipinski definition) is 1. The van der Waals surface area contributed by atoms with E-state index in [1.54, 1.807) is 6.20 Å². The largest absolute Gasteiger partial charge is 0.378 e. The second-order valence-electron chi connectivity index (χ2n) is 3.18. The third-order valence-electron chi connectivity index (χ3n) is 1.97. The Kier molecular flexibility index (Phi) is 3.81. The maximum absolute atomic E-state index is 13.4. The zero-order chi connectivity index (χ0) is 12.4. The van der Waals surface area contributed by atoms with Gasteiger partial charge in [-0.25, -0.2) is 13.8 Å². The normalized spacial score (nSPS) is 10.6. The van der Waals surface area contributed by atoms with Gasteiger partial charge in [-0.05, 0) is 12.1 Å². The maximum Gasteiger partial charge on any atom is 0.183 e. The van der Waals surface area contributed by atoms with Gasteiger partial charge in [-0.3, -0.25) is 0 Å². The molecule has 2 rings (SSSR count). The summed E-state index contributed by atoms with van der Waals surface area (Å²) in [5, 5.41) is 2.87. The van der Waals surface area contributed by atoms with Crippen molar-refractivity contribution in [3.63, 3.8) is 0 Å². The molecule has 0 aliphatic heterocycles. The highest BCUT2D eigenvalue weighted by Crippen LogP contribution is 2.24. The molecule has 0 fully saturated rings. The summed E-state index contributed by atoms with van der Waals surface area (Å²) >= 11 is 12.5. The van der Waals surface area contributed by atoms with E-state index in [0.717, 1.165) is 10.9 Å². The molecule has 90 valence electrons. The van der Waals surface area contributed by atoms with Crippen molar-refractivity contribution in [3.8, 4) is 0 Å². The van der Waals surface area contributed by atoms with Crippen LogP contribution in [0.25, 0.3) is 0 Å². The van der Waals surface area contributed by atoms with Crippen molar-refractivity contribution >= 4 is 40.2 Å². The van der Waals surface area contributed by atoms with Crippen molar-refractivity contribution in [1.29, 1.82) is 0 Å². The van der Waals surface area contributed by atoms with E-state index < -0.39 is 11.6 Å². The number of nitrogens with zero attached hydrogens (tertiary/aromatic N) is 1. The molecule has 1 N–H and O–H groups in total. The summed E-state index contributed by atoms with van der Waals surface area (Å²) in [6.45, 7) is 0.307. The summed E-state index contributed by atoms with van der Waals surface area (Å²) in [5.41, 5.74) is 0.0134. The van der Waals surface area contributed by atoms with E-state index in [-0.39, 0.29) is 10.7 Å².